The Hall–Kier alpha value is -5.57. The van der Waals surface area contributed by atoms with E-state index in [-0.39, 0.29) is 5.78 Å². The van der Waals surface area contributed by atoms with Gasteiger partial charge in [-0.3, -0.25) is 14.4 Å². The molecule has 0 bridgehead atoms. The Kier molecular flexibility index (Phi) is 6.83. The largest absolute Gasteiger partial charge is 0.497 e. The Morgan fingerprint density at radius 2 is 1.49 bits per heavy atom. The molecule has 0 saturated carbocycles. The number of ether oxygens (including phenoxy) is 1. The average Bonchev–Trinajstić information content (AvgIpc) is 3.34. The topological polar surface area (TPSA) is 110 Å². The van der Waals surface area contributed by atoms with Crippen LogP contribution in [-0.4, -0.2) is 39.4 Å². The number of aliphatic imine (C=N–C) groups is 1. The van der Waals surface area contributed by atoms with Crippen LogP contribution >= 0.6 is 0 Å². The van der Waals surface area contributed by atoms with Gasteiger partial charge in [0.25, 0.3) is 0 Å². The van der Waals surface area contributed by atoms with Crippen molar-refractivity contribution >= 4 is 23.2 Å². The van der Waals surface area contributed by atoms with E-state index in [1.165, 1.54) is 0 Å². The van der Waals surface area contributed by atoms with Crippen molar-refractivity contribution in [3.05, 3.63) is 137 Å². The number of methoxy groups -OCH3 is 1. The van der Waals surface area contributed by atoms with Crippen molar-refractivity contribution in [2.24, 2.45) is 4.99 Å². The lowest BCUT2D eigenvalue weighted by Crippen LogP contribution is -2.33. The second kappa shape index (κ2) is 10.9. The highest BCUT2D eigenvalue weighted by Gasteiger charge is 2.29. The number of fused-ring (bicyclic) bond motifs is 3. The summed E-state index contributed by atoms with van der Waals surface area (Å²) in [7, 11) is 1.62. The summed E-state index contributed by atoms with van der Waals surface area (Å²) in [6.07, 6.45) is -0.834. The maximum atomic E-state index is 13.2. The quantitative estimate of drug-likeness (QED) is 0.276. The molecule has 5 aromatic rings. The third kappa shape index (κ3) is 5.08. The third-order valence-electron chi connectivity index (χ3n) is 6.82. The molecule has 0 saturated heterocycles. The van der Waals surface area contributed by atoms with Crippen LogP contribution in [0.5, 0.6) is 5.75 Å². The highest BCUT2D eigenvalue weighted by Crippen LogP contribution is 2.30. The number of para-hydroxylation sites is 1. The fourth-order valence-corrected chi connectivity index (χ4v) is 4.81. The molecule has 2 amide bonds. The zero-order valence-corrected chi connectivity index (χ0v) is 22.4. The van der Waals surface area contributed by atoms with Crippen LogP contribution in [0, 0.1) is 6.92 Å². The average molecular weight is 543 g/mol. The van der Waals surface area contributed by atoms with Crippen LogP contribution in [0.25, 0.3) is 5.69 Å². The van der Waals surface area contributed by atoms with Gasteiger partial charge in [0.15, 0.2) is 17.8 Å². The van der Waals surface area contributed by atoms with Gasteiger partial charge in [-0.1, -0.05) is 48.5 Å². The van der Waals surface area contributed by atoms with Crippen LogP contribution in [-0.2, 0) is 0 Å². The first-order chi connectivity index (χ1) is 20.0. The van der Waals surface area contributed by atoms with Crippen molar-refractivity contribution < 1.29 is 14.3 Å². The highest BCUT2D eigenvalue weighted by molar-refractivity contribution is 6.15. The molecule has 1 aromatic heterocycles. The predicted octanol–water partition coefficient (Wildman–Crippen LogP) is 5.49. The van der Waals surface area contributed by atoms with Gasteiger partial charge >= 0.3 is 6.03 Å². The number of rotatable bonds is 6. The fourth-order valence-electron chi connectivity index (χ4n) is 4.81. The molecule has 9 nitrogen and oxygen atoms in total. The number of carbonyl (C=O) groups excluding carboxylic acids is 2. The van der Waals surface area contributed by atoms with Gasteiger partial charge in [0.05, 0.1) is 18.5 Å². The molecule has 0 aliphatic carbocycles. The Morgan fingerprint density at radius 3 is 2.22 bits per heavy atom. The number of nitrogens with one attached hydrogen (secondary N) is 2. The summed E-state index contributed by atoms with van der Waals surface area (Å²) < 4.78 is 7.24. The minimum Gasteiger partial charge on any atom is -0.497 e. The van der Waals surface area contributed by atoms with Gasteiger partial charge in [-0.2, -0.15) is 0 Å². The summed E-state index contributed by atoms with van der Waals surface area (Å²) in [5.41, 5.74) is 4.96. The Morgan fingerprint density at radius 1 is 0.805 bits per heavy atom. The summed E-state index contributed by atoms with van der Waals surface area (Å²) in [6.45, 7) is 1.86. The number of carbonyl (C=O) groups is 2. The lowest BCUT2D eigenvalue weighted by atomic mass is 10.0. The van der Waals surface area contributed by atoms with E-state index in [2.05, 4.69) is 20.8 Å². The van der Waals surface area contributed by atoms with Gasteiger partial charge in [-0.05, 0) is 61.5 Å². The van der Waals surface area contributed by atoms with Gasteiger partial charge < -0.3 is 15.4 Å². The van der Waals surface area contributed by atoms with Crippen LogP contribution in [0.1, 0.15) is 44.9 Å². The van der Waals surface area contributed by atoms with Crippen LogP contribution < -0.4 is 15.4 Å². The van der Waals surface area contributed by atoms with E-state index in [0.717, 1.165) is 22.6 Å². The number of aromatic nitrogens is 3. The molecule has 9 heteroatoms. The number of aryl methyl sites for hydroxylation is 1. The molecule has 0 spiro atoms. The number of hydrogen-bond donors (Lipinski definition) is 2. The standard InChI is InChI=1S/C32H26N6O3/c1-20-36-37-31-30(35-32(40)33-24-16-12-23(13-17-24)29(39)22-8-4-3-5-9-22)34-28(21-14-18-25(41-2)19-15-21)26-10-6-7-11-27(26)38(20)31/h3-19,30H,1-2H3,(H2,33,35,40). The van der Waals surface area contributed by atoms with E-state index in [4.69, 9.17) is 9.73 Å². The first-order valence-corrected chi connectivity index (χ1v) is 13.0. The zero-order chi connectivity index (χ0) is 28.3. The fraction of sp³-hybridized carbons (Fsp3) is 0.0938. The minimum absolute atomic E-state index is 0.0882. The van der Waals surface area contributed by atoms with Gasteiger partial charge in [0.1, 0.15) is 11.6 Å². The van der Waals surface area contributed by atoms with Crippen LogP contribution in [0.15, 0.2) is 108 Å². The molecule has 1 unspecified atom stereocenters. The molecule has 6 rings (SSSR count). The monoisotopic (exact) mass is 542 g/mol. The number of benzene rings is 4. The normalized spacial score (nSPS) is 13.7. The molecule has 41 heavy (non-hydrogen) atoms. The first-order valence-electron chi connectivity index (χ1n) is 13.0. The van der Waals surface area contributed by atoms with Gasteiger partial charge in [0.2, 0.25) is 0 Å². The van der Waals surface area contributed by atoms with E-state index < -0.39 is 12.2 Å². The molecule has 0 fully saturated rings. The molecular formula is C32H26N6O3. The van der Waals surface area contributed by atoms with Crippen molar-refractivity contribution in [2.75, 3.05) is 12.4 Å². The molecule has 4 aromatic carbocycles. The van der Waals surface area contributed by atoms with Crippen molar-refractivity contribution in [3.63, 3.8) is 0 Å². The summed E-state index contributed by atoms with van der Waals surface area (Å²) in [5.74, 6) is 1.80. The lowest BCUT2D eigenvalue weighted by molar-refractivity contribution is 0.103. The number of anilines is 1. The van der Waals surface area contributed by atoms with Crippen molar-refractivity contribution in [2.45, 2.75) is 13.1 Å². The lowest BCUT2D eigenvalue weighted by Gasteiger charge is -2.15. The number of amides is 2. The summed E-state index contributed by atoms with van der Waals surface area (Å²) in [6, 6.07) is 30.8. The van der Waals surface area contributed by atoms with Gasteiger partial charge in [-0.25, -0.2) is 4.79 Å². The van der Waals surface area contributed by atoms with Crippen LogP contribution in [0.4, 0.5) is 10.5 Å². The second-order valence-corrected chi connectivity index (χ2v) is 9.44. The van der Waals surface area contributed by atoms with Crippen molar-refractivity contribution in [1.82, 2.24) is 20.1 Å². The highest BCUT2D eigenvalue weighted by atomic mass is 16.5. The molecule has 0 radical (unpaired) electrons. The SMILES string of the molecule is COc1ccc(C2=NC(NC(=O)Nc3ccc(C(=O)c4ccccc4)cc3)c3nnc(C)n3-c3ccccc32)cc1. The number of hydrogen-bond acceptors (Lipinski definition) is 6. The number of urea groups is 1. The summed E-state index contributed by atoms with van der Waals surface area (Å²) >= 11 is 0. The Balaban J connectivity index is 1.29. The molecule has 1 aliphatic heterocycles. The van der Waals surface area contributed by atoms with E-state index in [1.54, 1.807) is 43.5 Å². The Bertz CT molecular complexity index is 1760. The molecule has 202 valence electrons. The second-order valence-electron chi connectivity index (χ2n) is 9.44. The molecule has 1 aliphatic rings. The van der Waals surface area contributed by atoms with Crippen molar-refractivity contribution in [3.8, 4) is 11.4 Å². The maximum Gasteiger partial charge on any atom is 0.321 e. The summed E-state index contributed by atoms with van der Waals surface area (Å²) in [4.78, 5) is 30.9. The smallest absolute Gasteiger partial charge is 0.321 e. The third-order valence-corrected chi connectivity index (χ3v) is 6.82. The van der Waals surface area contributed by atoms with Gasteiger partial charge in [-0.15, -0.1) is 10.2 Å². The van der Waals surface area contributed by atoms with E-state index in [1.807, 2.05) is 78.2 Å². The molecule has 1 atom stereocenters. The summed E-state index contributed by atoms with van der Waals surface area (Å²) in [5, 5.41) is 14.4. The van der Waals surface area contributed by atoms with Gasteiger partial charge in [0, 0.05) is 27.9 Å². The van der Waals surface area contributed by atoms with Crippen molar-refractivity contribution in [1.29, 1.82) is 0 Å². The number of ketones is 1. The molecule has 2 N–H and O–H groups in total. The predicted molar refractivity (Wildman–Crippen MR) is 156 cm³/mol. The van der Waals surface area contributed by atoms with E-state index >= 15 is 0 Å². The van der Waals surface area contributed by atoms with Crippen LogP contribution in [0.3, 0.4) is 0 Å². The van der Waals surface area contributed by atoms with E-state index in [9.17, 15) is 9.59 Å². The maximum absolute atomic E-state index is 13.2. The van der Waals surface area contributed by atoms with Crippen LogP contribution in [0.2, 0.25) is 0 Å². The zero-order valence-electron chi connectivity index (χ0n) is 22.4. The number of nitrogens with zero attached hydrogens (tertiary/aromatic N) is 4. The molecular weight excluding hydrogens is 516 g/mol. The van der Waals surface area contributed by atoms with E-state index in [0.29, 0.717) is 34.2 Å². The Labute approximate surface area is 236 Å². The molecule has 2 heterocycles. The first kappa shape index (κ1) is 25.7. The minimum atomic E-state index is -0.834.